The molecule has 1 aromatic carbocycles. The molecule has 2 aliphatic rings. The molecular formula is C16H19N3O4. The zero-order chi connectivity index (χ0) is 16.7. The van der Waals surface area contributed by atoms with Crippen molar-refractivity contribution in [3.63, 3.8) is 0 Å². The zero-order valence-electron chi connectivity index (χ0n) is 13.0. The van der Waals surface area contributed by atoms with E-state index in [-0.39, 0.29) is 24.2 Å². The van der Waals surface area contributed by atoms with E-state index in [1.54, 1.807) is 31.0 Å². The number of carbonyl (C=O) groups excluding carboxylic acids is 2. The van der Waals surface area contributed by atoms with Crippen LogP contribution in [-0.4, -0.2) is 58.2 Å². The number of urea groups is 1. The summed E-state index contributed by atoms with van der Waals surface area (Å²) in [5.41, 5.74) is 1.89. The van der Waals surface area contributed by atoms with Gasteiger partial charge in [-0.15, -0.1) is 0 Å². The molecule has 7 heteroatoms. The lowest BCUT2D eigenvalue weighted by atomic mass is 9.95. The fraction of sp³-hybridized carbons (Fsp3) is 0.375. The number of phenolic OH excluding ortho intramolecular Hbond substituents is 1. The number of aliphatic hydroxyl groups excluding tert-OH is 1. The summed E-state index contributed by atoms with van der Waals surface area (Å²) in [5, 5.41) is 21.8. The smallest absolute Gasteiger partial charge is 0.322 e. The molecule has 0 spiro atoms. The molecule has 3 rings (SSSR count). The first-order chi connectivity index (χ1) is 10.9. The normalized spacial score (nSPS) is 22.3. The molecule has 2 atom stereocenters. The van der Waals surface area contributed by atoms with E-state index in [1.807, 2.05) is 0 Å². The molecule has 2 aliphatic heterocycles. The van der Waals surface area contributed by atoms with Crippen molar-refractivity contribution in [1.82, 2.24) is 15.1 Å². The van der Waals surface area contributed by atoms with Gasteiger partial charge in [0, 0.05) is 13.6 Å². The van der Waals surface area contributed by atoms with Gasteiger partial charge in [-0.1, -0.05) is 12.1 Å². The Labute approximate surface area is 133 Å². The molecule has 0 unspecified atom stereocenters. The van der Waals surface area contributed by atoms with Gasteiger partial charge in [-0.25, -0.2) is 4.79 Å². The monoisotopic (exact) mass is 317 g/mol. The van der Waals surface area contributed by atoms with Crippen LogP contribution in [0.5, 0.6) is 5.75 Å². The second-order valence-corrected chi connectivity index (χ2v) is 5.93. The van der Waals surface area contributed by atoms with Gasteiger partial charge in [-0.3, -0.25) is 9.69 Å². The Bertz CT molecular complexity index is 681. The molecule has 7 nitrogen and oxygen atoms in total. The van der Waals surface area contributed by atoms with Gasteiger partial charge in [0.2, 0.25) is 0 Å². The highest BCUT2D eigenvalue weighted by atomic mass is 16.3. The molecular weight excluding hydrogens is 298 g/mol. The van der Waals surface area contributed by atoms with Crippen molar-refractivity contribution >= 4 is 11.9 Å². The number of nitrogens with one attached hydrogen (secondary N) is 1. The summed E-state index contributed by atoms with van der Waals surface area (Å²) in [7, 11) is 1.62. The number of benzene rings is 1. The van der Waals surface area contributed by atoms with Crippen molar-refractivity contribution in [3.05, 3.63) is 41.1 Å². The number of β-amino-alcohol motifs (C(OH)–C–C–N with tert-alkyl or cyclic N) is 1. The standard InChI is InChI=1S/C16H19N3O4/c1-9(20)7-19-8-12-13(15(19)22)14(17-16(23)18(12)2)10-3-5-11(21)6-4-10/h3-6,9,14,20-21H,7-8H2,1-2H3,(H,17,23)/t9-,14+/m1/s1. The van der Waals surface area contributed by atoms with Gasteiger partial charge < -0.3 is 20.4 Å². The summed E-state index contributed by atoms with van der Waals surface area (Å²) in [4.78, 5) is 27.9. The topological polar surface area (TPSA) is 93.1 Å². The highest BCUT2D eigenvalue weighted by Gasteiger charge is 2.42. The number of carbonyl (C=O) groups is 2. The molecule has 0 aliphatic carbocycles. The van der Waals surface area contributed by atoms with Crippen molar-refractivity contribution in [3.8, 4) is 5.75 Å². The van der Waals surface area contributed by atoms with Gasteiger partial charge in [0.05, 0.1) is 30.0 Å². The summed E-state index contributed by atoms with van der Waals surface area (Å²) in [5.74, 6) is -0.0680. The van der Waals surface area contributed by atoms with Crippen LogP contribution in [0.1, 0.15) is 18.5 Å². The SMILES string of the molecule is C[C@@H](O)CN1CC2=C(C1=O)[C@H](c1ccc(O)cc1)NC(=O)N2C. The third-order valence-corrected chi connectivity index (χ3v) is 4.15. The number of rotatable bonds is 3. The Hall–Kier alpha value is -2.54. The van der Waals surface area contributed by atoms with Crippen LogP contribution < -0.4 is 5.32 Å². The van der Waals surface area contributed by atoms with Crippen LogP contribution in [0.3, 0.4) is 0 Å². The van der Waals surface area contributed by atoms with Crippen LogP contribution in [0.25, 0.3) is 0 Å². The van der Waals surface area contributed by atoms with Crippen LogP contribution in [0.2, 0.25) is 0 Å². The summed E-state index contributed by atoms with van der Waals surface area (Å²) in [6, 6.07) is 5.57. The average molecular weight is 317 g/mol. The van der Waals surface area contributed by atoms with Crippen molar-refractivity contribution in [2.75, 3.05) is 20.1 Å². The first kappa shape index (κ1) is 15.4. The Kier molecular flexibility index (Phi) is 3.73. The fourth-order valence-corrected chi connectivity index (χ4v) is 3.01. The van der Waals surface area contributed by atoms with Crippen LogP contribution in [0.15, 0.2) is 35.5 Å². The predicted molar refractivity (Wildman–Crippen MR) is 82.4 cm³/mol. The minimum absolute atomic E-state index is 0.121. The van der Waals surface area contributed by atoms with Gasteiger partial charge in [0.1, 0.15) is 5.75 Å². The van der Waals surface area contributed by atoms with Crippen LogP contribution in [-0.2, 0) is 4.79 Å². The lowest BCUT2D eigenvalue weighted by Crippen LogP contribution is -2.45. The van der Waals surface area contributed by atoms with Crippen molar-refractivity contribution in [1.29, 1.82) is 0 Å². The van der Waals surface area contributed by atoms with Crippen LogP contribution >= 0.6 is 0 Å². The van der Waals surface area contributed by atoms with E-state index in [4.69, 9.17) is 0 Å². The number of hydrogen-bond donors (Lipinski definition) is 3. The maximum absolute atomic E-state index is 12.7. The van der Waals surface area contributed by atoms with E-state index < -0.39 is 12.1 Å². The molecule has 0 fully saturated rings. The number of aromatic hydroxyl groups is 1. The van der Waals surface area contributed by atoms with E-state index in [0.29, 0.717) is 17.8 Å². The fourth-order valence-electron chi connectivity index (χ4n) is 3.01. The third-order valence-electron chi connectivity index (χ3n) is 4.15. The van der Waals surface area contributed by atoms with E-state index in [9.17, 15) is 19.8 Å². The van der Waals surface area contributed by atoms with Crippen LogP contribution in [0.4, 0.5) is 4.79 Å². The predicted octanol–water partition coefficient (Wildman–Crippen LogP) is 0.565. The number of amides is 3. The van der Waals surface area contributed by atoms with E-state index in [0.717, 1.165) is 5.56 Å². The molecule has 2 heterocycles. The summed E-state index contributed by atoms with van der Waals surface area (Å²) < 4.78 is 0. The van der Waals surface area contributed by atoms with Crippen molar-refractivity contribution in [2.45, 2.75) is 19.1 Å². The van der Waals surface area contributed by atoms with Gasteiger partial charge >= 0.3 is 6.03 Å². The first-order valence-electron chi connectivity index (χ1n) is 7.42. The Morgan fingerprint density at radius 3 is 2.57 bits per heavy atom. The molecule has 3 amide bonds. The van der Waals surface area contributed by atoms with Crippen molar-refractivity contribution in [2.24, 2.45) is 0 Å². The largest absolute Gasteiger partial charge is 0.508 e. The lowest BCUT2D eigenvalue weighted by molar-refractivity contribution is -0.126. The molecule has 0 aromatic heterocycles. The Morgan fingerprint density at radius 1 is 1.30 bits per heavy atom. The number of hydrogen-bond acceptors (Lipinski definition) is 4. The Morgan fingerprint density at radius 2 is 1.96 bits per heavy atom. The zero-order valence-corrected chi connectivity index (χ0v) is 13.0. The quantitative estimate of drug-likeness (QED) is 0.759. The Balaban J connectivity index is 1.99. The van der Waals surface area contributed by atoms with Gasteiger partial charge in [0.15, 0.2) is 0 Å². The second-order valence-electron chi connectivity index (χ2n) is 5.93. The average Bonchev–Trinajstić information content (AvgIpc) is 2.81. The summed E-state index contributed by atoms with van der Waals surface area (Å²) in [6.07, 6.45) is -0.638. The van der Waals surface area contributed by atoms with Gasteiger partial charge in [-0.05, 0) is 24.6 Å². The lowest BCUT2D eigenvalue weighted by Gasteiger charge is -2.31. The van der Waals surface area contributed by atoms with Gasteiger partial charge in [-0.2, -0.15) is 0 Å². The summed E-state index contributed by atoms with van der Waals surface area (Å²) in [6.45, 7) is 2.14. The molecule has 0 bridgehead atoms. The van der Waals surface area contributed by atoms with E-state index in [2.05, 4.69) is 5.32 Å². The molecule has 3 N–H and O–H groups in total. The molecule has 1 aromatic rings. The first-order valence-corrected chi connectivity index (χ1v) is 7.42. The van der Waals surface area contributed by atoms with Crippen molar-refractivity contribution < 1.29 is 19.8 Å². The maximum atomic E-state index is 12.7. The molecule has 0 saturated carbocycles. The van der Waals surface area contributed by atoms with E-state index >= 15 is 0 Å². The molecule has 23 heavy (non-hydrogen) atoms. The molecule has 122 valence electrons. The second kappa shape index (κ2) is 5.58. The molecule has 0 radical (unpaired) electrons. The highest BCUT2D eigenvalue weighted by Crippen LogP contribution is 2.35. The minimum Gasteiger partial charge on any atom is -0.508 e. The minimum atomic E-state index is -0.638. The van der Waals surface area contributed by atoms with Crippen LogP contribution in [0, 0.1) is 0 Å². The third kappa shape index (κ3) is 2.63. The van der Waals surface area contributed by atoms with E-state index in [1.165, 1.54) is 17.0 Å². The summed E-state index contributed by atoms with van der Waals surface area (Å²) >= 11 is 0. The van der Waals surface area contributed by atoms with Gasteiger partial charge in [0.25, 0.3) is 5.91 Å². The number of phenols is 1. The maximum Gasteiger partial charge on any atom is 0.322 e. The number of aliphatic hydroxyl groups is 1. The molecule has 0 saturated heterocycles. The highest BCUT2D eigenvalue weighted by molar-refractivity contribution is 6.01. The number of likely N-dealkylation sites (N-methyl/N-ethyl adjacent to an activating group) is 1. The number of nitrogens with zero attached hydrogens (tertiary/aromatic N) is 2.